The molecule has 6 heteroatoms. The van der Waals surface area contributed by atoms with E-state index in [4.69, 9.17) is 4.98 Å². The van der Waals surface area contributed by atoms with Crippen LogP contribution in [-0.4, -0.2) is 24.9 Å². The summed E-state index contributed by atoms with van der Waals surface area (Å²) < 4.78 is 0. The Balaban J connectivity index is 0.00000204. The first-order valence-corrected chi connectivity index (χ1v) is 9.78. The van der Waals surface area contributed by atoms with Crippen molar-refractivity contribution in [1.82, 2.24) is 24.9 Å². The summed E-state index contributed by atoms with van der Waals surface area (Å²) in [5.41, 5.74) is 9.54. The van der Waals surface area contributed by atoms with Crippen LogP contribution in [0.3, 0.4) is 0 Å². The molecule has 4 aromatic heterocycles. The maximum Gasteiger partial charge on any atom is 0.0723 e. The van der Waals surface area contributed by atoms with E-state index in [2.05, 4.69) is 50.3 Å². The maximum atomic E-state index is 4.74. The Morgan fingerprint density at radius 1 is 0.581 bits per heavy atom. The van der Waals surface area contributed by atoms with Crippen LogP contribution in [0.4, 0.5) is 0 Å². The molecule has 6 rings (SSSR count). The molecule has 6 heterocycles. The van der Waals surface area contributed by atoms with Gasteiger partial charge in [0.25, 0.3) is 0 Å². The van der Waals surface area contributed by atoms with Gasteiger partial charge in [-0.05, 0) is 78.9 Å². The van der Waals surface area contributed by atoms with Crippen LogP contribution >= 0.6 is 0 Å². The molecule has 5 nitrogen and oxygen atoms in total. The largest absolute Gasteiger partial charge is 0.355 e. The number of H-pyrrole nitrogens is 2. The molecule has 0 unspecified atom stereocenters. The number of aromatic amines is 2. The Hall–Kier alpha value is -3.73. The molecule has 8 bridgehead atoms. The topological polar surface area (TPSA) is 70.2 Å². The molecule has 4 aromatic rings. The minimum atomic E-state index is 0. The first-order chi connectivity index (χ1) is 14.8. The SMILES string of the molecule is C1=Cc2cc3ccc(cc4cc(-c5ccccn5)c(cc5nc(cc1n2)C=C5)[nH]4)[nH]3.[Mn]. The first-order valence-electron chi connectivity index (χ1n) is 9.78. The molecule has 0 spiro atoms. The third kappa shape index (κ3) is 3.87. The molecule has 2 aliphatic rings. The molecule has 149 valence electrons. The second-order valence-electron chi connectivity index (χ2n) is 7.30. The van der Waals surface area contributed by atoms with Crippen LogP contribution in [0.1, 0.15) is 22.8 Å². The van der Waals surface area contributed by atoms with Gasteiger partial charge in [0.2, 0.25) is 0 Å². The summed E-state index contributed by atoms with van der Waals surface area (Å²) in [5.74, 6) is 0. The van der Waals surface area contributed by atoms with E-state index in [0.717, 1.165) is 56.1 Å². The van der Waals surface area contributed by atoms with E-state index in [0.29, 0.717) is 0 Å². The summed E-state index contributed by atoms with van der Waals surface area (Å²) in [6.45, 7) is 0. The van der Waals surface area contributed by atoms with Crippen molar-refractivity contribution in [3.8, 4) is 11.3 Å². The van der Waals surface area contributed by atoms with Crippen LogP contribution in [0.5, 0.6) is 0 Å². The van der Waals surface area contributed by atoms with Gasteiger partial charge in [0.05, 0.1) is 34.0 Å². The number of pyridine rings is 1. The average Bonchev–Trinajstić information content (AvgIpc) is 3.53. The van der Waals surface area contributed by atoms with E-state index in [9.17, 15) is 0 Å². The summed E-state index contributed by atoms with van der Waals surface area (Å²) >= 11 is 0. The van der Waals surface area contributed by atoms with E-state index in [1.807, 2.05) is 60.8 Å². The second kappa shape index (κ2) is 7.84. The van der Waals surface area contributed by atoms with E-state index in [1.165, 1.54) is 0 Å². The van der Waals surface area contributed by atoms with Gasteiger partial charge in [-0.3, -0.25) is 4.98 Å². The van der Waals surface area contributed by atoms with Gasteiger partial charge in [0.1, 0.15) is 0 Å². The number of aromatic nitrogens is 5. The van der Waals surface area contributed by atoms with E-state index >= 15 is 0 Å². The molecule has 31 heavy (non-hydrogen) atoms. The average molecular weight is 442 g/mol. The number of rotatable bonds is 1. The Kier molecular flexibility index (Phi) is 4.86. The van der Waals surface area contributed by atoms with Crippen molar-refractivity contribution in [2.24, 2.45) is 0 Å². The fraction of sp³-hybridized carbons (Fsp3) is 0. The minimum Gasteiger partial charge on any atom is -0.355 e. The van der Waals surface area contributed by atoms with Crippen LogP contribution in [0.15, 0.2) is 66.9 Å². The van der Waals surface area contributed by atoms with Gasteiger partial charge < -0.3 is 9.97 Å². The molecule has 0 saturated heterocycles. The van der Waals surface area contributed by atoms with Gasteiger partial charge in [-0.15, -0.1) is 0 Å². The molecular formula is C25H17MnN5. The number of hydrogen-bond donors (Lipinski definition) is 2. The Morgan fingerprint density at radius 3 is 1.97 bits per heavy atom. The zero-order valence-corrected chi connectivity index (χ0v) is 17.6. The van der Waals surface area contributed by atoms with Crippen molar-refractivity contribution in [3.63, 3.8) is 0 Å². The van der Waals surface area contributed by atoms with Crippen molar-refractivity contribution in [3.05, 3.63) is 89.6 Å². The van der Waals surface area contributed by atoms with E-state index in [1.54, 1.807) is 0 Å². The molecule has 2 N–H and O–H groups in total. The minimum absolute atomic E-state index is 0. The van der Waals surface area contributed by atoms with Crippen molar-refractivity contribution in [2.45, 2.75) is 0 Å². The summed E-state index contributed by atoms with van der Waals surface area (Å²) in [7, 11) is 0. The van der Waals surface area contributed by atoms with Crippen LogP contribution in [0.2, 0.25) is 0 Å². The quantitative estimate of drug-likeness (QED) is 0.320. The van der Waals surface area contributed by atoms with Crippen molar-refractivity contribution < 1.29 is 17.1 Å². The predicted octanol–water partition coefficient (Wildman–Crippen LogP) is 5.72. The van der Waals surface area contributed by atoms with Crippen molar-refractivity contribution >= 4 is 46.4 Å². The standard InChI is InChI=1S/C25H17N5.Mn/c1-2-10-26-24(3-1)23-14-22-13-20-7-6-18(28-20)11-16-4-5-17(27-16)12-19-8-9-21(29-19)15-25(23)30-22;/h1-15,28,30H;. The van der Waals surface area contributed by atoms with Crippen LogP contribution in [-0.2, 0) is 17.1 Å². The third-order valence-electron chi connectivity index (χ3n) is 5.11. The number of hydrogen-bond acceptors (Lipinski definition) is 3. The number of nitrogens with one attached hydrogen (secondary N) is 2. The van der Waals surface area contributed by atoms with Crippen LogP contribution < -0.4 is 0 Å². The molecule has 1 radical (unpaired) electrons. The van der Waals surface area contributed by atoms with Crippen molar-refractivity contribution in [2.75, 3.05) is 0 Å². The number of fused-ring (bicyclic) bond motifs is 8. The van der Waals surface area contributed by atoms with E-state index in [-0.39, 0.29) is 17.1 Å². The monoisotopic (exact) mass is 442 g/mol. The fourth-order valence-corrected chi connectivity index (χ4v) is 3.75. The van der Waals surface area contributed by atoms with E-state index < -0.39 is 0 Å². The molecule has 2 aliphatic heterocycles. The number of nitrogens with zero attached hydrogens (tertiary/aromatic N) is 3. The molecule has 0 atom stereocenters. The maximum absolute atomic E-state index is 4.74. The molecule has 0 saturated carbocycles. The van der Waals surface area contributed by atoms with Gasteiger partial charge in [-0.2, -0.15) is 0 Å². The van der Waals surface area contributed by atoms with Gasteiger partial charge in [0.15, 0.2) is 0 Å². The Labute approximate surface area is 189 Å². The molecule has 0 aliphatic carbocycles. The van der Waals surface area contributed by atoms with Crippen LogP contribution in [0, 0.1) is 0 Å². The smallest absolute Gasteiger partial charge is 0.0723 e. The molecule has 0 amide bonds. The summed E-state index contributed by atoms with van der Waals surface area (Å²) in [5, 5.41) is 0. The molecular weight excluding hydrogens is 425 g/mol. The Morgan fingerprint density at radius 2 is 1.26 bits per heavy atom. The zero-order valence-electron chi connectivity index (χ0n) is 16.4. The molecule has 0 aromatic carbocycles. The van der Waals surface area contributed by atoms with Gasteiger partial charge in [0, 0.05) is 45.4 Å². The summed E-state index contributed by atoms with van der Waals surface area (Å²) in [4.78, 5) is 20.9. The predicted molar refractivity (Wildman–Crippen MR) is 122 cm³/mol. The van der Waals surface area contributed by atoms with Gasteiger partial charge in [-0.1, -0.05) is 6.07 Å². The third-order valence-corrected chi connectivity index (χ3v) is 5.11. The first kappa shape index (κ1) is 19.2. The summed E-state index contributed by atoms with van der Waals surface area (Å²) in [6, 6.07) is 20.4. The zero-order chi connectivity index (χ0) is 19.9. The normalized spacial score (nSPS) is 12.0. The van der Waals surface area contributed by atoms with Crippen LogP contribution in [0.25, 0.3) is 57.6 Å². The fourth-order valence-electron chi connectivity index (χ4n) is 3.75. The second-order valence-corrected chi connectivity index (χ2v) is 7.30. The van der Waals surface area contributed by atoms with Crippen molar-refractivity contribution in [1.29, 1.82) is 0 Å². The van der Waals surface area contributed by atoms with Gasteiger partial charge >= 0.3 is 0 Å². The molecule has 0 fully saturated rings. The Bertz CT molecular complexity index is 1490. The van der Waals surface area contributed by atoms with Gasteiger partial charge in [-0.25, -0.2) is 9.97 Å². The summed E-state index contributed by atoms with van der Waals surface area (Å²) in [6.07, 6.45) is 9.86.